The van der Waals surface area contributed by atoms with Gasteiger partial charge in [-0.3, -0.25) is 9.79 Å². The van der Waals surface area contributed by atoms with Crippen molar-refractivity contribution in [2.45, 2.75) is 57.3 Å². The summed E-state index contributed by atoms with van der Waals surface area (Å²) in [4.78, 5) is 20.1. The smallest absolute Gasteiger partial charge is 0.325 e. The Bertz CT molecular complexity index is 1220. The minimum Gasteiger partial charge on any atom is -0.490 e. The molecule has 33 heavy (non-hydrogen) atoms. The number of carboxylic acids is 1. The normalized spacial score (nSPS) is 23.9. The molecule has 3 atom stereocenters. The van der Waals surface area contributed by atoms with Crippen molar-refractivity contribution in [2.75, 3.05) is 6.54 Å². The Morgan fingerprint density at radius 1 is 1.33 bits per heavy atom. The second-order valence-corrected chi connectivity index (χ2v) is 8.91. The van der Waals surface area contributed by atoms with E-state index in [-0.39, 0.29) is 30.7 Å². The summed E-state index contributed by atoms with van der Waals surface area (Å²) in [7, 11) is 0. The average molecular weight is 444 g/mol. The molecule has 1 fully saturated rings. The molecule has 0 aromatic heterocycles. The van der Waals surface area contributed by atoms with Gasteiger partial charge in [-0.2, -0.15) is 5.26 Å². The Morgan fingerprint density at radius 2 is 2.18 bits per heavy atom. The summed E-state index contributed by atoms with van der Waals surface area (Å²) >= 11 is 0. The number of nitriles is 1. The topological polar surface area (TPSA) is 104 Å². The Hall–Kier alpha value is -3.66. The number of ether oxygens (including phenoxy) is 2. The summed E-state index contributed by atoms with van der Waals surface area (Å²) in [5.41, 5.74) is 5.67. The predicted molar refractivity (Wildman–Crippen MR) is 123 cm³/mol. The number of nitrogens with zero attached hydrogens (tertiary/aromatic N) is 3. The zero-order valence-electron chi connectivity index (χ0n) is 18.6. The van der Waals surface area contributed by atoms with Crippen LogP contribution < -0.4 is 4.74 Å². The molecule has 1 aliphatic heterocycles. The van der Waals surface area contributed by atoms with E-state index < -0.39 is 5.97 Å². The van der Waals surface area contributed by atoms with Gasteiger partial charge in [0.25, 0.3) is 0 Å². The fraction of sp³-hybridized carbons (Fsp3) is 0.385. The highest BCUT2D eigenvalue weighted by atomic mass is 16.5. The van der Waals surface area contributed by atoms with Gasteiger partial charge in [0.05, 0.1) is 11.7 Å². The van der Waals surface area contributed by atoms with Gasteiger partial charge in [-0.25, -0.2) is 4.99 Å². The van der Waals surface area contributed by atoms with E-state index in [2.05, 4.69) is 17.1 Å². The maximum Gasteiger partial charge on any atom is 0.325 e. The van der Waals surface area contributed by atoms with Crippen molar-refractivity contribution in [1.82, 2.24) is 0 Å². The molecule has 168 valence electrons. The first-order valence-corrected chi connectivity index (χ1v) is 11.3. The zero-order chi connectivity index (χ0) is 23.1. The molecule has 0 saturated heterocycles. The van der Waals surface area contributed by atoms with Crippen LogP contribution in [0.5, 0.6) is 5.75 Å². The lowest BCUT2D eigenvalue weighted by Gasteiger charge is -2.21. The third-order valence-electron chi connectivity index (χ3n) is 6.27. The molecule has 1 N–H and O–H groups in total. The van der Waals surface area contributed by atoms with Crippen molar-refractivity contribution in [3.63, 3.8) is 0 Å². The number of fused-ring (bicyclic) bond motifs is 2. The van der Waals surface area contributed by atoms with Crippen LogP contribution in [0, 0.1) is 11.3 Å². The monoisotopic (exact) mass is 443 g/mol. The minimum absolute atomic E-state index is 0.00930. The maximum absolute atomic E-state index is 11.0. The van der Waals surface area contributed by atoms with Crippen LogP contribution in [0.15, 0.2) is 46.4 Å². The summed E-state index contributed by atoms with van der Waals surface area (Å²) in [6.07, 6.45) is 2.69. The molecule has 2 aromatic rings. The Balaban J connectivity index is 1.38. The van der Waals surface area contributed by atoms with Crippen LogP contribution in [0.25, 0.3) is 0 Å². The number of benzene rings is 2. The number of carbonyl (C=O) groups is 1. The van der Waals surface area contributed by atoms with Crippen molar-refractivity contribution in [3.8, 4) is 11.8 Å². The molecule has 2 aromatic carbocycles. The van der Waals surface area contributed by atoms with E-state index in [1.807, 2.05) is 32.0 Å². The highest BCUT2D eigenvalue weighted by Crippen LogP contribution is 2.52. The third-order valence-corrected chi connectivity index (χ3v) is 6.27. The van der Waals surface area contributed by atoms with Gasteiger partial charge in [-0.15, -0.1) is 0 Å². The summed E-state index contributed by atoms with van der Waals surface area (Å²) in [5.74, 6) is 0.416. The van der Waals surface area contributed by atoms with Crippen LogP contribution in [-0.4, -0.2) is 47.5 Å². The lowest BCUT2D eigenvalue weighted by molar-refractivity contribution is -0.135. The number of aliphatic carboxylic acids is 1. The molecule has 5 rings (SSSR count). The average Bonchev–Trinajstić information content (AvgIpc) is 3.28. The van der Waals surface area contributed by atoms with Gasteiger partial charge in [-0.05, 0) is 68.0 Å². The molecule has 1 heterocycles. The highest BCUT2D eigenvalue weighted by Gasteiger charge is 2.59. The molecule has 0 bridgehead atoms. The fourth-order valence-corrected chi connectivity index (χ4v) is 4.83. The van der Waals surface area contributed by atoms with Crippen molar-refractivity contribution in [2.24, 2.45) is 9.98 Å². The molecule has 3 unspecified atom stereocenters. The van der Waals surface area contributed by atoms with E-state index in [4.69, 9.17) is 19.6 Å². The first-order chi connectivity index (χ1) is 16.0. The van der Waals surface area contributed by atoms with Crippen molar-refractivity contribution in [3.05, 3.63) is 64.2 Å². The zero-order valence-corrected chi connectivity index (χ0v) is 18.6. The van der Waals surface area contributed by atoms with E-state index in [1.165, 1.54) is 11.1 Å². The fourth-order valence-electron chi connectivity index (χ4n) is 4.83. The first-order valence-electron chi connectivity index (χ1n) is 11.3. The first kappa shape index (κ1) is 21.2. The van der Waals surface area contributed by atoms with Crippen LogP contribution in [0.4, 0.5) is 0 Å². The van der Waals surface area contributed by atoms with Gasteiger partial charge in [0, 0.05) is 17.2 Å². The molecule has 7 nitrogen and oxygen atoms in total. The van der Waals surface area contributed by atoms with Crippen LogP contribution in [0.1, 0.15) is 60.4 Å². The summed E-state index contributed by atoms with van der Waals surface area (Å²) in [6.45, 7) is 3.66. The van der Waals surface area contributed by atoms with Gasteiger partial charge in [0.2, 0.25) is 5.90 Å². The highest BCUT2D eigenvalue weighted by molar-refractivity contribution is 6.04. The molecule has 0 amide bonds. The van der Waals surface area contributed by atoms with Gasteiger partial charge in [-0.1, -0.05) is 18.2 Å². The predicted octanol–water partition coefficient (Wildman–Crippen LogP) is 3.87. The van der Waals surface area contributed by atoms with Gasteiger partial charge in [0.15, 0.2) is 0 Å². The number of rotatable bonds is 6. The summed E-state index contributed by atoms with van der Waals surface area (Å²) in [6, 6.07) is 13.9. The van der Waals surface area contributed by atoms with Crippen molar-refractivity contribution < 1.29 is 19.4 Å². The Morgan fingerprint density at radius 3 is 2.88 bits per heavy atom. The van der Waals surface area contributed by atoms with Crippen LogP contribution in [0.2, 0.25) is 0 Å². The number of carboxylic acid groups (broad SMARTS) is 1. The van der Waals surface area contributed by atoms with E-state index in [0.717, 1.165) is 36.1 Å². The van der Waals surface area contributed by atoms with Gasteiger partial charge < -0.3 is 14.6 Å². The molecule has 2 aliphatic carbocycles. The molecule has 3 aliphatic rings. The number of hydrogen-bond donors (Lipinski definition) is 1. The van der Waals surface area contributed by atoms with Crippen molar-refractivity contribution >= 4 is 17.6 Å². The molecule has 1 saturated carbocycles. The third kappa shape index (κ3) is 3.97. The number of hydrogen-bond acceptors (Lipinski definition) is 6. The molecule has 0 radical (unpaired) electrons. The second kappa shape index (κ2) is 8.36. The van der Waals surface area contributed by atoms with E-state index >= 15 is 0 Å². The van der Waals surface area contributed by atoms with E-state index in [9.17, 15) is 10.1 Å². The van der Waals surface area contributed by atoms with Crippen LogP contribution >= 0.6 is 0 Å². The maximum atomic E-state index is 11.0. The van der Waals surface area contributed by atoms with E-state index in [1.54, 1.807) is 12.1 Å². The Labute approximate surface area is 192 Å². The van der Waals surface area contributed by atoms with Gasteiger partial charge >= 0.3 is 5.97 Å². The second-order valence-electron chi connectivity index (χ2n) is 8.91. The minimum atomic E-state index is -0.916. The molecular weight excluding hydrogens is 418 g/mol. The molecular formula is C26H25N3O4. The van der Waals surface area contributed by atoms with Crippen LogP contribution in [-0.2, 0) is 16.0 Å². The SMILES string of the molecule is CC(C)Oc1ccc(C2=NC3C(O2)C3c2cccc3c2CCCC3=NCC(=O)O)cc1C#N. The number of aliphatic imine (C=N–C) groups is 2. The van der Waals surface area contributed by atoms with Gasteiger partial charge in [0.1, 0.15) is 30.5 Å². The summed E-state index contributed by atoms with van der Waals surface area (Å²) < 4.78 is 11.9. The molecule has 0 spiro atoms. The molecule has 7 heteroatoms. The van der Waals surface area contributed by atoms with Crippen molar-refractivity contribution in [1.29, 1.82) is 5.26 Å². The van der Waals surface area contributed by atoms with Crippen LogP contribution in [0.3, 0.4) is 0 Å². The largest absolute Gasteiger partial charge is 0.490 e. The quantitative estimate of drug-likeness (QED) is 0.730. The summed E-state index contributed by atoms with van der Waals surface area (Å²) in [5, 5.41) is 18.5. The Kier molecular flexibility index (Phi) is 5.37. The lowest BCUT2D eigenvalue weighted by Crippen LogP contribution is -2.16. The standard InChI is InChI=1S/C26H25N3O4/c1-14(2)32-21-10-9-15(11-16(21)12-27)26-29-24-23(25(24)33-26)19-7-3-6-18-17(19)5-4-8-20(18)28-13-22(30)31/h3,6-7,9-11,14,23-25H,4-5,8,13H2,1-2H3,(H,30,31). The lowest BCUT2D eigenvalue weighted by atomic mass is 9.85. The van der Waals surface area contributed by atoms with E-state index in [0.29, 0.717) is 17.2 Å².